The quantitative estimate of drug-likeness (QED) is 0.381. The zero-order valence-corrected chi connectivity index (χ0v) is 6.35. The van der Waals surface area contributed by atoms with Crippen LogP contribution >= 0.6 is 0 Å². The maximum absolute atomic E-state index is 8.81. The van der Waals surface area contributed by atoms with Crippen LogP contribution in [0.3, 0.4) is 0 Å². The van der Waals surface area contributed by atoms with E-state index in [9.17, 15) is 0 Å². The largest absolute Gasteiger partial charge is 0.402 e. The summed E-state index contributed by atoms with van der Waals surface area (Å²) in [5, 5.41) is 12.0. The third-order valence-electron chi connectivity index (χ3n) is 1.17. The van der Waals surface area contributed by atoms with Crippen molar-refractivity contribution in [3.05, 3.63) is 0 Å². The summed E-state index contributed by atoms with van der Waals surface area (Å²) in [4.78, 5) is 0. The molecule has 0 heterocycles. The molecule has 2 N–H and O–H groups in total. The lowest BCUT2D eigenvalue weighted by molar-refractivity contribution is 0.243. The summed E-state index contributed by atoms with van der Waals surface area (Å²) in [5.41, 5.74) is 0. The predicted octanol–water partition coefficient (Wildman–Crippen LogP) is -0.672. The molecule has 1 unspecified atom stereocenters. The van der Waals surface area contributed by atoms with E-state index in [0.717, 1.165) is 19.5 Å². The first-order chi connectivity index (χ1) is 4.27. The molecule has 0 aromatic carbocycles. The topological polar surface area (TPSA) is 32.3 Å². The first-order valence-electron chi connectivity index (χ1n) is 3.66. The molecule has 0 aromatic heterocycles. The maximum Gasteiger partial charge on any atom is 0.138 e. The van der Waals surface area contributed by atoms with Crippen LogP contribution in [0.15, 0.2) is 0 Å². The van der Waals surface area contributed by atoms with Crippen LogP contribution in [0.5, 0.6) is 0 Å². The number of rotatable bonds is 5. The van der Waals surface area contributed by atoms with Crippen molar-refractivity contribution in [3.8, 4) is 0 Å². The van der Waals surface area contributed by atoms with E-state index in [1.165, 1.54) is 6.42 Å². The second-order valence-corrected chi connectivity index (χ2v) is 2.39. The molecule has 9 heavy (non-hydrogen) atoms. The minimum Gasteiger partial charge on any atom is -0.402 e. The third-order valence-corrected chi connectivity index (χ3v) is 1.17. The Balaban J connectivity index is 2.75. The molecule has 0 bridgehead atoms. The molecule has 0 radical (unpaired) electrons. The van der Waals surface area contributed by atoms with Gasteiger partial charge in [-0.3, -0.25) is 0 Å². The fourth-order valence-corrected chi connectivity index (χ4v) is 0.613. The van der Waals surface area contributed by atoms with Crippen LogP contribution in [0, 0.1) is 0 Å². The number of aliphatic hydroxyl groups is 1. The minimum atomic E-state index is -0.158. The highest BCUT2D eigenvalue weighted by molar-refractivity contribution is 6.10. The molecule has 0 rings (SSSR count). The van der Waals surface area contributed by atoms with E-state index in [-0.39, 0.29) is 6.00 Å². The molecule has 0 saturated heterocycles. The van der Waals surface area contributed by atoms with Gasteiger partial charge in [0.2, 0.25) is 0 Å². The van der Waals surface area contributed by atoms with Gasteiger partial charge in [-0.25, -0.2) is 0 Å². The number of nitrogens with one attached hydrogen (secondary N) is 1. The molecule has 54 valence electrons. The van der Waals surface area contributed by atoms with Crippen molar-refractivity contribution in [2.24, 2.45) is 0 Å². The van der Waals surface area contributed by atoms with Gasteiger partial charge < -0.3 is 10.4 Å². The van der Waals surface area contributed by atoms with Gasteiger partial charge in [0, 0.05) is 6.00 Å². The van der Waals surface area contributed by atoms with E-state index in [1.807, 2.05) is 7.85 Å². The summed E-state index contributed by atoms with van der Waals surface area (Å²) in [6, 6.07) is -0.158. The molecular formula is C6H16BNO. The Bertz CT molecular complexity index is 59.0. The average molecular weight is 129 g/mol. The van der Waals surface area contributed by atoms with Crippen molar-refractivity contribution in [1.82, 2.24) is 5.32 Å². The van der Waals surface area contributed by atoms with Gasteiger partial charge >= 0.3 is 0 Å². The number of hydrogen-bond acceptors (Lipinski definition) is 2. The molecule has 3 heteroatoms. The van der Waals surface area contributed by atoms with Gasteiger partial charge in [0.25, 0.3) is 0 Å². The highest BCUT2D eigenvalue weighted by Gasteiger charge is 1.92. The SMILES string of the molecule is BC(O)CCNCCC. The van der Waals surface area contributed by atoms with Crippen molar-refractivity contribution in [1.29, 1.82) is 0 Å². The van der Waals surface area contributed by atoms with Gasteiger partial charge in [-0.15, -0.1) is 0 Å². The normalized spacial score (nSPS) is 13.6. The van der Waals surface area contributed by atoms with Crippen molar-refractivity contribution in [2.45, 2.75) is 25.8 Å². The minimum absolute atomic E-state index is 0.158. The molecule has 0 fully saturated rings. The van der Waals surface area contributed by atoms with E-state index in [2.05, 4.69) is 12.2 Å². The van der Waals surface area contributed by atoms with E-state index in [4.69, 9.17) is 5.11 Å². The summed E-state index contributed by atoms with van der Waals surface area (Å²) in [7, 11) is 1.81. The molecule has 0 amide bonds. The molecule has 0 aliphatic carbocycles. The average Bonchev–Trinajstić information content (AvgIpc) is 1.80. The van der Waals surface area contributed by atoms with Crippen LogP contribution in [0.1, 0.15) is 19.8 Å². The Morgan fingerprint density at radius 3 is 2.67 bits per heavy atom. The van der Waals surface area contributed by atoms with Crippen LogP contribution in [0.2, 0.25) is 0 Å². The zero-order chi connectivity index (χ0) is 7.11. The summed E-state index contributed by atoms with van der Waals surface area (Å²) in [6.45, 7) is 4.13. The zero-order valence-electron chi connectivity index (χ0n) is 6.35. The van der Waals surface area contributed by atoms with Gasteiger partial charge in [0.1, 0.15) is 7.85 Å². The molecule has 2 nitrogen and oxygen atoms in total. The smallest absolute Gasteiger partial charge is 0.138 e. The molecular weight excluding hydrogens is 113 g/mol. The van der Waals surface area contributed by atoms with Crippen LogP contribution in [0.4, 0.5) is 0 Å². The lowest BCUT2D eigenvalue weighted by atomic mass is 9.97. The Morgan fingerprint density at radius 2 is 2.22 bits per heavy atom. The summed E-state index contributed by atoms with van der Waals surface area (Å²) >= 11 is 0. The van der Waals surface area contributed by atoms with Gasteiger partial charge in [-0.2, -0.15) is 0 Å². The van der Waals surface area contributed by atoms with Crippen LogP contribution < -0.4 is 5.32 Å². The lowest BCUT2D eigenvalue weighted by Crippen LogP contribution is -2.20. The highest BCUT2D eigenvalue weighted by atomic mass is 16.3. The van der Waals surface area contributed by atoms with Crippen molar-refractivity contribution in [2.75, 3.05) is 13.1 Å². The lowest BCUT2D eigenvalue weighted by Gasteiger charge is -2.03. The van der Waals surface area contributed by atoms with E-state index >= 15 is 0 Å². The second kappa shape index (κ2) is 6.11. The third kappa shape index (κ3) is 7.98. The van der Waals surface area contributed by atoms with E-state index < -0.39 is 0 Å². The van der Waals surface area contributed by atoms with E-state index in [1.54, 1.807) is 0 Å². The Morgan fingerprint density at radius 1 is 1.56 bits per heavy atom. The fraction of sp³-hybridized carbons (Fsp3) is 1.00. The summed E-state index contributed by atoms with van der Waals surface area (Å²) in [5.74, 6) is 0. The standard InChI is InChI=1S/C6H16BNO/c1-2-4-8-5-3-6(7)9/h6,8-9H,2-5,7H2,1H3. The number of aliphatic hydroxyl groups excluding tert-OH is 1. The Kier molecular flexibility index (Phi) is 6.10. The van der Waals surface area contributed by atoms with Gasteiger partial charge in [0.05, 0.1) is 0 Å². The molecule has 0 aromatic rings. The summed E-state index contributed by atoms with van der Waals surface area (Å²) < 4.78 is 0. The van der Waals surface area contributed by atoms with Crippen molar-refractivity contribution >= 4 is 7.85 Å². The van der Waals surface area contributed by atoms with E-state index in [0.29, 0.717) is 0 Å². The van der Waals surface area contributed by atoms with Crippen LogP contribution in [-0.2, 0) is 0 Å². The Labute approximate surface area is 58.1 Å². The van der Waals surface area contributed by atoms with Crippen molar-refractivity contribution < 1.29 is 5.11 Å². The first-order valence-corrected chi connectivity index (χ1v) is 3.66. The Hall–Kier alpha value is -0.0151. The fourth-order valence-electron chi connectivity index (χ4n) is 0.613. The molecule has 0 spiro atoms. The van der Waals surface area contributed by atoms with Gasteiger partial charge in [-0.05, 0) is 25.9 Å². The number of hydrogen-bond donors (Lipinski definition) is 2. The van der Waals surface area contributed by atoms with Gasteiger partial charge in [-0.1, -0.05) is 6.92 Å². The second-order valence-electron chi connectivity index (χ2n) is 2.39. The molecule has 0 aliphatic heterocycles. The van der Waals surface area contributed by atoms with Crippen LogP contribution in [-0.4, -0.2) is 32.0 Å². The van der Waals surface area contributed by atoms with Gasteiger partial charge in [0.15, 0.2) is 0 Å². The molecule has 0 aliphatic rings. The summed E-state index contributed by atoms with van der Waals surface area (Å²) in [6.07, 6.45) is 2.03. The monoisotopic (exact) mass is 129 g/mol. The maximum atomic E-state index is 8.81. The highest BCUT2D eigenvalue weighted by Crippen LogP contribution is 1.81. The first kappa shape index (κ1) is 8.98. The van der Waals surface area contributed by atoms with Crippen LogP contribution in [0.25, 0.3) is 0 Å². The predicted molar refractivity (Wildman–Crippen MR) is 42.3 cm³/mol. The molecule has 0 saturated carbocycles. The van der Waals surface area contributed by atoms with Crippen molar-refractivity contribution in [3.63, 3.8) is 0 Å². The molecule has 1 atom stereocenters.